The highest BCUT2D eigenvalue weighted by molar-refractivity contribution is 5.90. The molecule has 0 saturated carbocycles. The van der Waals surface area contributed by atoms with Gasteiger partial charge in [-0.15, -0.1) is 0 Å². The van der Waals surface area contributed by atoms with Crippen LogP contribution in [0.2, 0.25) is 0 Å². The van der Waals surface area contributed by atoms with Gasteiger partial charge in [-0.25, -0.2) is 4.79 Å². The highest BCUT2D eigenvalue weighted by atomic mass is 16.5. The predicted molar refractivity (Wildman–Crippen MR) is 54.4 cm³/mol. The van der Waals surface area contributed by atoms with Gasteiger partial charge in [0.25, 0.3) is 0 Å². The van der Waals surface area contributed by atoms with Crippen molar-refractivity contribution in [3.8, 4) is 0 Å². The van der Waals surface area contributed by atoms with E-state index in [4.69, 9.17) is 15.2 Å². The van der Waals surface area contributed by atoms with Crippen molar-refractivity contribution >= 4 is 5.97 Å². The molecule has 82 valence electrons. The number of carbonyl (C=O) groups excluding carboxylic acids is 1. The van der Waals surface area contributed by atoms with E-state index in [-0.39, 0.29) is 6.61 Å². The Bertz CT molecular complexity index is 444. The molecule has 0 saturated heterocycles. The molecule has 0 aliphatic rings. The molecule has 0 bridgehead atoms. The summed E-state index contributed by atoms with van der Waals surface area (Å²) in [5.41, 5.74) is 0.0414. The zero-order valence-corrected chi connectivity index (χ0v) is 8.62. The third-order valence-electron chi connectivity index (χ3n) is 1.71. The van der Waals surface area contributed by atoms with Gasteiger partial charge in [-0.1, -0.05) is 6.07 Å². The van der Waals surface area contributed by atoms with Gasteiger partial charge in [0.2, 0.25) is 5.39 Å². The summed E-state index contributed by atoms with van der Waals surface area (Å²) in [5.74, 6) is -1.32. The summed E-state index contributed by atoms with van der Waals surface area (Å²) >= 11 is 0. The molecular weight excluding hydrogens is 210 g/mol. The first-order valence-electron chi connectivity index (χ1n) is 4.47. The zero-order valence-electron chi connectivity index (χ0n) is 8.62. The fourth-order valence-corrected chi connectivity index (χ4v) is 0.952. The molecule has 0 atom stereocenters. The predicted octanol–water partition coefficient (Wildman–Crippen LogP) is 1.77. The summed E-state index contributed by atoms with van der Waals surface area (Å²) in [6, 6.07) is 5.16. The van der Waals surface area contributed by atoms with Crippen LogP contribution in [0.25, 0.3) is 4.98 Å². The van der Waals surface area contributed by atoms with E-state index in [9.17, 15) is 4.79 Å². The molecule has 0 radical (unpaired) electrons. The minimum absolute atomic E-state index is 0.0496. The summed E-state index contributed by atoms with van der Waals surface area (Å²) < 4.78 is 4.77. The second-order valence-electron chi connectivity index (χ2n) is 2.93. The van der Waals surface area contributed by atoms with Crippen LogP contribution in [0.4, 0.5) is 0 Å². The van der Waals surface area contributed by atoms with Crippen LogP contribution < -0.4 is 0 Å². The Morgan fingerprint density at radius 3 is 2.88 bits per heavy atom. The number of aliphatic hydroxyl groups is 1. The Labute approximate surface area is 91.8 Å². The van der Waals surface area contributed by atoms with Crippen LogP contribution in [0, 0.1) is 5.39 Å². The minimum Gasteiger partial charge on any atom is -0.505 e. The second-order valence-corrected chi connectivity index (χ2v) is 2.93. The number of carbonyl (C=O) groups is 1. The van der Waals surface area contributed by atoms with E-state index >= 15 is 0 Å². The van der Waals surface area contributed by atoms with Gasteiger partial charge in [-0.05, 0) is 12.1 Å². The summed E-state index contributed by atoms with van der Waals surface area (Å²) in [7, 11) is 0. The van der Waals surface area contributed by atoms with E-state index in [0.717, 1.165) is 0 Å². The molecule has 0 spiro atoms. The normalized spacial score (nSPS) is 11.2. The quantitative estimate of drug-likeness (QED) is 0.363. The van der Waals surface area contributed by atoms with Gasteiger partial charge in [0, 0.05) is 13.1 Å². The van der Waals surface area contributed by atoms with Crippen molar-refractivity contribution in [2.45, 2.75) is 13.5 Å². The Morgan fingerprint density at radius 1 is 1.62 bits per heavy atom. The van der Waals surface area contributed by atoms with Crippen molar-refractivity contribution in [1.82, 2.24) is 4.98 Å². The lowest BCUT2D eigenvalue weighted by Gasteiger charge is -1.99. The highest BCUT2D eigenvalue weighted by Crippen LogP contribution is 2.07. The summed E-state index contributed by atoms with van der Waals surface area (Å²) in [6.07, 6.45) is 1.56. The van der Waals surface area contributed by atoms with Crippen LogP contribution in [-0.4, -0.2) is 16.1 Å². The van der Waals surface area contributed by atoms with Crippen molar-refractivity contribution in [2.75, 3.05) is 0 Å². The number of diazo groups is 1. The first kappa shape index (κ1) is 11.7. The van der Waals surface area contributed by atoms with Gasteiger partial charge in [0.1, 0.15) is 6.61 Å². The smallest absolute Gasteiger partial charge is 0.504 e. The average Bonchev–Trinajstić information content (AvgIpc) is 2.28. The maximum Gasteiger partial charge on any atom is 0.504 e. The van der Waals surface area contributed by atoms with Crippen molar-refractivity contribution in [3.05, 3.63) is 46.5 Å². The Morgan fingerprint density at radius 2 is 2.38 bits per heavy atom. The van der Waals surface area contributed by atoms with E-state index in [1.807, 2.05) is 0 Å². The molecule has 0 unspecified atom stereocenters. The first-order chi connectivity index (χ1) is 7.65. The third kappa shape index (κ3) is 3.06. The fourth-order valence-electron chi connectivity index (χ4n) is 0.952. The Balaban J connectivity index is 2.61. The molecule has 0 amide bonds. The summed E-state index contributed by atoms with van der Waals surface area (Å²) in [4.78, 5) is 17.8. The van der Waals surface area contributed by atoms with Gasteiger partial charge in [0.15, 0.2) is 10.7 Å². The molecule has 1 heterocycles. The van der Waals surface area contributed by atoms with E-state index in [1.165, 1.54) is 6.92 Å². The SMILES string of the molecule is C/C(O)=C(\[N+]#N)C(=O)OCc1ccccn1. The molecule has 1 N–H and O–H groups in total. The number of ether oxygens (including phenoxy) is 1. The van der Waals surface area contributed by atoms with Crippen molar-refractivity contribution < 1.29 is 14.6 Å². The topological polar surface area (TPSA) is 87.6 Å². The number of esters is 1. The van der Waals surface area contributed by atoms with Crippen LogP contribution in [0.1, 0.15) is 12.6 Å². The molecule has 0 aliphatic heterocycles. The number of hydrogen-bond donors (Lipinski definition) is 1. The van der Waals surface area contributed by atoms with Crippen LogP contribution in [0.3, 0.4) is 0 Å². The van der Waals surface area contributed by atoms with Crippen molar-refractivity contribution in [3.63, 3.8) is 0 Å². The number of hydrogen-bond acceptors (Lipinski definition) is 5. The van der Waals surface area contributed by atoms with E-state index in [2.05, 4.69) is 9.96 Å². The van der Waals surface area contributed by atoms with Crippen LogP contribution >= 0.6 is 0 Å². The molecular formula is C10H10N3O3+. The largest absolute Gasteiger partial charge is 0.505 e. The molecule has 0 aliphatic carbocycles. The lowest BCUT2D eigenvalue weighted by molar-refractivity contribution is -0.140. The molecule has 1 aromatic heterocycles. The summed E-state index contributed by atoms with van der Waals surface area (Å²) in [5, 5.41) is 17.4. The van der Waals surface area contributed by atoms with Gasteiger partial charge < -0.3 is 9.84 Å². The number of allylic oxidation sites excluding steroid dienone is 1. The Kier molecular flexibility index (Phi) is 3.98. The van der Waals surface area contributed by atoms with Gasteiger partial charge >= 0.3 is 11.7 Å². The Hall–Kier alpha value is -2.42. The summed E-state index contributed by atoms with van der Waals surface area (Å²) in [6.45, 7) is 1.17. The maximum atomic E-state index is 11.3. The second kappa shape index (κ2) is 5.46. The van der Waals surface area contributed by atoms with Gasteiger partial charge in [-0.2, -0.15) is 0 Å². The molecule has 1 aromatic rings. The third-order valence-corrected chi connectivity index (χ3v) is 1.71. The molecule has 0 aromatic carbocycles. The monoisotopic (exact) mass is 220 g/mol. The number of pyridine rings is 1. The molecule has 16 heavy (non-hydrogen) atoms. The van der Waals surface area contributed by atoms with Gasteiger partial charge in [-0.3, -0.25) is 4.98 Å². The van der Waals surface area contributed by atoms with Crippen LogP contribution in [0.15, 0.2) is 35.9 Å². The lowest BCUT2D eigenvalue weighted by atomic mass is 10.3. The lowest BCUT2D eigenvalue weighted by Crippen LogP contribution is -2.08. The van der Waals surface area contributed by atoms with Crippen molar-refractivity contribution in [1.29, 1.82) is 5.39 Å². The standard InChI is InChI=1S/C10H9N3O3/c1-7(14)9(13-11)10(15)16-6-8-4-2-3-5-12-8/h2-5H,6H2,1H3/p+1. The van der Waals surface area contributed by atoms with Crippen LogP contribution in [0.5, 0.6) is 0 Å². The number of aliphatic hydroxyl groups excluding tert-OH is 1. The first-order valence-corrected chi connectivity index (χ1v) is 4.47. The number of nitrogens with zero attached hydrogens (tertiary/aromatic N) is 3. The molecule has 1 rings (SSSR count). The minimum atomic E-state index is -0.909. The zero-order chi connectivity index (χ0) is 12.0. The number of aromatic nitrogens is 1. The molecule has 6 nitrogen and oxygen atoms in total. The fraction of sp³-hybridized carbons (Fsp3) is 0.200. The average molecular weight is 220 g/mol. The van der Waals surface area contributed by atoms with Gasteiger partial charge in [0.05, 0.1) is 5.69 Å². The highest BCUT2D eigenvalue weighted by Gasteiger charge is 2.28. The van der Waals surface area contributed by atoms with E-state index in [1.54, 1.807) is 24.4 Å². The van der Waals surface area contributed by atoms with E-state index < -0.39 is 17.4 Å². The maximum absolute atomic E-state index is 11.3. The molecule has 6 heteroatoms. The van der Waals surface area contributed by atoms with Crippen molar-refractivity contribution in [2.24, 2.45) is 0 Å². The van der Waals surface area contributed by atoms with E-state index in [0.29, 0.717) is 5.69 Å². The molecule has 0 fully saturated rings. The van der Waals surface area contributed by atoms with Crippen LogP contribution in [-0.2, 0) is 16.1 Å². The number of rotatable bonds is 3.